The van der Waals surface area contributed by atoms with Crippen LogP contribution in [0.3, 0.4) is 0 Å². The van der Waals surface area contributed by atoms with Crippen LogP contribution in [-0.2, 0) is 11.3 Å². The summed E-state index contributed by atoms with van der Waals surface area (Å²) in [5, 5.41) is 7.80. The van der Waals surface area contributed by atoms with Gasteiger partial charge in [0.15, 0.2) is 5.82 Å². The van der Waals surface area contributed by atoms with Gasteiger partial charge in [0.05, 0.1) is 24.2 Å². The molecule has 0 amide bonds. The number of fused-ring (bicyclic) bond motifs is 1. The molecule has 7 nitrogen and oxygen atoms in total. The number of ether oxygens (including phenoxy) is 1. The molecule has 7 heteroatoms. The van der Waals surface area contributed by atoms with E-state index >= 15 is 0 Å². The topological polar surface area (TPSA) is 80.7 Å². The molecule has 0 radical (unpaired) electrons. The van der Waals surface area contributed by atoms with Gasteiger partial charge in [-0.2, -0.15) is 4.68 Å². The molecule has 1 unspecified atom stereocenters. The summed E-state index contributed by atoms with van der Waals surface area (Å²) in [6, 6.07) is 7.95. The van der Waals surface area contributed by atoms with E-state index in [0.29, 0.717) is 19.1 Å². The molecule has 1 fully saturated rings. The molecule has 3 aromatic rings. The van der Waals surface area contributed by atoms with Gasteiger partial charge in [-0.1, -0.05) is 12.1 Å². The maximum Gasteiger partial charge on any atom is 0.230 e. The van der Waals surface area contributed by atoms with Crippen LogP contribution in [0.25, 0.3) is 17.0 Å². The Balaban J connectivity index is 1.78. The summed E-state index contributed by atoms with van der Waals surface area (Å²) in [4.78, 5) is 12.6. The molecule has 22 heavy (non-hydrogen) atoms. The zero-order valence-corrected chi connectivity index (χ0v) is 12.4. The van der Waals surface area contributed by atoms with Crippen LogP contribution in [0.1, 0.15) is 24.0 Å². The normalized spacial score (nSPS) is 18.3. The molecular formula is C15H18N6O. The Hall–Kier alpha value is -2.25. The van der Waals surface area contributed by atoms with Crippen LogP contribution in [0.5, 0.6) is 0 Å². The quantitative estimate of drug-likeness (QED) is 0.760. The molecule has 1 aliphatic rings. The molecule has 1 saturated heterocycles. The van der Waals surface area contributed by atoms with Gasteiger partial charge in [-0.25, -0.2) is 9.97 Å². The van der Waals surface area contributed by atoms with Crippen molar-refractivity contribution in [3.8, 4) is 5.95 Å². The van der Waals surface area contributed by atoms with Gasteiger partial charge in [0.25, 0.3) is 0 Å². The van der Waals surface area contributed by atoms with Crippen LogP contribution in [-0.4, -0.2) is 45.0 Å². The lowest BCUT2D eigenvalue weighted by Gasteiger charge is -2.00. The number of hydrogen-bond donors (Lipinski definition) is 2. The second kappa shape index (κ2) is 5.51. The Kier molecular flexibility index (Phi) is 3.36. The first-order valence-corrected chi connectivity index (χ1v) is 7.48. The summed E-state index contributed by atoms with van der Waals surface area (Å²) < 4.78 is 7.24. The first-order valence-electron chi connectivity index (χ1n) is 7.48. The molecule has 0 aliphatic carbocycles. The van der Waals surface area contributed by atoms with Crippen molar-refractivity contribution in [2.24, 2.45) is 0 Å². The van der Waals surface area contributed by atoms with Crippen LogP contribution in [0, 0.1) is 0 Å². The van der Waals surface area contributed by atoms with Crippen molar-refractivity contribution in [1.29, 1.82) is 0 Å². The number of nitrogens with one attached hydrogen (secondary N) is 2. The Bertz CT molecular complexity index is 753. The third-order valence-electron chi connectivity index (χ3n) is 3.90. The fourth-order valence-corrected chi connectivity index (χ4v) is 2.75. The van der Waals surface area contributed by atoms with E-state index in [0.717, 1.165) is 35.7 Å². The molecule has 3 heterocycles. The second-order valence-corrected chi connectivity index (χ2v) is 5.47. The number of rotatable bonds is 4. The molecule has 4 rings (SSSR count). The highest BCUT2D eigenvalue weighted by Gasteiger charge is 2.24. The van der Waals surface area contributed by atoms with Gasteiger partial charge in [0, 0.05) is 12.5 Å². The van der Waals surface area contributed by atoms with Crippen molar-refractivity contribution in [3.05, 3.63) is 35.9 Å². The minimum Gasteiger partial charge on any atom is -0.381 e. The van der Waals surface area contributed by atoms with Gasteiger partial charge in [0.2, 0.25) is 5.95 Å². The van der Waals surface area contributed by atoms with Crippen LogP contribution in [0.4, 0.5) is 0 Å². The molecule has 1 aromatic carbocycles. The van der Waals surface area contributed by atoms with Crippen LogP contribution < -0.4 is 5.32 Å². The third kappa shape index (κ3) is 2.28. The molecule has 0 saturated carbocycles. The van der Waals surface area contributed by atoms with Crippen molar-refractivity contribution in [3.63, 3.8) is 0 Å². The summed E-state index contributed by atoms with van der Waals surface area (Å²) in [7, 11) is 1.90. The second-order valence-electron chi connectivity index (χ2n) is 5.47. The molecule has 114 valence electrons. The Labute approximate surface area is 127 Å². The highest BCUT2D eigenvalue weighted by molar-refractivity contribution is 5.75. The number of benzene rings is 1. The fourth-order valence-electron chi connectivity index (χ4n) is 2.75. The predicted molar refractivity (Wildman–Crippen MR) is 82.0 cm³/mol. The lowest BCUT2D eigenvalue weighted by molar-refractivity contribution is 0.193. The lowest BCUT2D eigenvalue weighted by atomic mass is 10.1. The predicted octanol–water partition coefficient (Wildman–Crippen LogP) is 1.37. The number of aromatic nitrogens is 5. The van der Waals surface area contributed by atoms with E-state index in [4.69, 9.17) is 4.74 Å². The molecule has 2 aromatic heterocycles. The van der Waals surface area contributed by atoms with Crippen molar-refractivity contribution in [1.82, 2.24) is 30.0 Å². The molecule has 1 atom stereocenters. The van der Waals surface area contributed by atoms with Crippen molar-refractivity contribution >= 4 is 11.0 Å². The number of aromatic amines is 1. The molecule has 0 spiro atoms. The highest BCUT2D eigenvalue weighted by atomic mass is 16.5. The monoisotopic (exact) mass is 298 g/mol. The summed E-state index contributed by atoms with van der Waals surface area (Å²) in [6.07, 6.45) is 0.975. The van der Waals surface area contributed by atoms with E-state index in [1.807, 2.05) is 31.3 Å². The van der Waals surface area contributed by atoms with Crippen LogP contribution in [0.15, 0.2) is 24.3 Å². The fraction of sp³-hybridized carbons (Fsp3) is 0.400. The van der Waals surface area contributed by atoms with Crippen molar-refractivity contribution in [2.75, 3.05) is 20.3 Å². The lowest BCUT2D eigenvalue weighted by Crippen LogP contribution is -2.12. The van der Waals surface area contributed by atoms with Gasteiger partial charge in [-0.15, -0.1) is 5.10 Å². The van der Waals surface area contributed by atoms with E-state index in [1.54, 1.807) is 4.68 Å². The number of nitrogens with zero attached hydrogens (tertiary/aromatic N) is 4. The summed E-state index contributed by atoms with van der Waals surface area (Å²) in [6.45, 7) is 2.12. The third-order valence-corrected chi connectivity index (χ3v) is 3.90. The number of para-hydroxylation sites is 2. The SMILES string of the molecule is CNCc1nc(C2CCOC2)nn1-c1nc2ccccc2[nH]1. The van der Waals surface area contributed by atoms with E-state index in [1.165, 1.54) is 0 Å². The number of imidazole rings is 1. The first-order chi connectivity index (χ1) is 10.8. The molecule has 0 bridgehead atoms. The minimum absolute atomic E-state index is 0.279. The Morgan fingerprint density at radius 3 is 3.05 bits per heavy atom. The smallest absolute Gasteiger partial charge is 0.230 e. The van der Waals surface area contributed by atoms with Gasteiger partial charge >= 0.3 is 0 Å². The molecule has 1 aliphatic heterocycles. The van der Waals surface area contributed by atoms with E-state index in [-0.39, 0.29) is 5.92 Å². The van der Waals surface area contributed by atoms with E-state index in [9.17, 15) is 0 Å². The maximum absolute atomic E-state index is 5.45. The molecule has 2 N–H and O–H groups in total. The van der Waals surface area contributed by atoms with E-state index in [2.05, 4.69) is 25.4 Å². The zero-order valence-electron chi connectivity index (χ0n) is 12.4. The van der Waals surface area contributed by atoms with Crippen LogP contribution in [0.2, 0.25) is 0 Å². The van der Waals surface area contributed by atoms with Crippen molar-refractivity contribution in [2.45, 2.75) is 18.9 Å². The Morgan fingerprint density at radius 1 is 1.36 bits per heavy atom. The summed E-state index contributed by atoms with van der Waals surface area (Å²) in [5.74, 6) is 2.66. The zero-order chi connectivity index (χ0) is 14.9. The van der Waals surface area contributed by atoms with Crippen LogP contribution >= 0.6 is 0 Å². The number of hydrogen-bond acceptors (Lipinski definition) is 5. The summed E-state index contributed by atoms with van der Waals surface area (Å²) in [5.41, 5.74) is 1.92. The largest absolute Gasteiger partial charge is 0.381 e. The average molecular weight is 298 g/mol. The standard InChI is InChI=1S/C15H18N6O/c1-16-8-13-19-14(10-6-7-22-9-10)20-21(13)15-17-11-4-2-3-5-12(11)18-15/h2-5,10,16H,6-9H2,1H3,(H,17,18). The Morgan fingerprint density at radius 2 is 2.27 bits per heavy atom. The highest BCUT2D eigenvalue weighted by Crippen LogP contribution is 2.23. The maximum atomic E-state index is 5.45. The van der Waals surface area contributed by atoms with Gasteiger partial charge < -0.3 is 15.0 Å². The van der Waals surface area contributed by atoms with Gasteiger partial charge in [-0.05, 0) is 25.6 Å². The minimum atomic E-state index is 0.279. The van der Waals surface area contributed by atoms with E-state index < -0.39 is 0 Å². The summed E-state index contributed by atoms with van der Waals surface area (Å²) >= 11 is 0. The molecular weight excluding hydrogens is 280 g/mol. The van der Waals surface area contributed by atoms with Crippen molar-refractivity contribution < 1.29 is 4.74 Å². The van der Waals surface area contributed by atoms with Gasteiger partial charge in [-0.3, -0.25) is 0 Å². The first kappa shape index (κ1) is 13.4. The number of H-pyrrole nitrogens is 1. The van der Waals surface area contributed by atoms with Gasteiger partial charge in [0.1, 0.15) is 5.82 Å². The average Bonchev–Trinajstić information content (AvgIpc) is 3.26.